The molecule has 3 heterocycles. The quantitative estimate of drug-likeness (QED) is 0.749. The highest BCUT2D eigenvalue weighted by Crippen LogP contribution is 2.27. The van der Waals surface area contributed by atoms with Crippen LogP contribution in [0.5, 0.6) is 0 Å². The smallest absolute Gasteiger partial charge is 0.345 e. The first-order valence-electron chi connectivity index (χ1n) is 5.08. The number of nitrogens with zero attached hydrogens (tertiary/aromatic N) is 2. The number of fused-ring (bicyclic) bond motifs is 1. The van der Waals surface area contributed by atoms with Crippen LogP contribution in [0.4, 0.5) is 0 Å². The number of hydrogen-bond donors (Lipinski definition) is 1. The lowest BCUT2D eigenvalue weighted by Gasteiger charge is -1.93. The summed E-state index contributed by atoms with van der Waals surface area (Å²) < 4.78 is 2.00. The fraction of sp³-hybridized carbons (Fsp3) is 0.0909. The van der Waals surface area contributed by atoms with Gasteiger partial charge in [0.05, 0.1) is 5.69 Å². The molecule has 0 unspecified atom stereocenters. The Morgan fingerprint density at radius 2 is 2.39 bits per heavy atom. The summed E-state index contributed by atoms with van der Waals surface area (Å²) >= 11 is 4.47. The van der Waals surface area contributed by atoms with Crippen LogP contribution in [0.3, 0.4) is 0 Å². The second kappa shape index (κ2) is 4.75. The third kappa shape index (κ3) is 2.29. The molecule has 0 bridgehead atoms. The first-order chi connectivity index (χ1) is 8.72. The average molecular weight is 296 g/mol. The van der Waals surface area contributed by atoms with E-state index in [0.29, 0.717) is 4.88 Å². The molecule has 4 nitrogen and oxygen atoms in total. The van der Waals surface area contributed by atoms with E-state index >= 15 is 0 Å². The second-order valence-corrected chi connectivity index (χ2v) is 6.40. The van der Waals surface area contributed by atoms with E-state index < -0.39 is 5.97 Å². The van der Waals surface area contributed by atoms with Crippen molar-refractivity contribution in [1.82, 2.24) is 9.38 Å². The molecule has 0 saturated carbocycles. The third-order valence-corrected chi connectivity index (χ3v) is 5.16. The Labute approximate surface area is 115 Å². The van der Waals surface area contributed by atoms with Crippen LogP contribution in [0.1, 0.15) is 15.4 Å². The van der Waals surface area contributed by atoms with E-state index in [1.807, 2.05) is 27.6 Å². The van der Waals surface area contributed by atoms with Crippen LogP contribution in [0, 0.1) is 0 Å². The molecule has 3 aromatic heterocycles. The summed E-state index contributed by atoms with van der Waals surface area (Å²) in [6, 6.07) is 1.70. The Hall–Kier alpha value is -1.31. The summed E-state index contributed by atoms with van der Waals surface area (Å²) in [6.45, 7) is 0. The number of aromatic nitrogens is 2. The van der Waals surface area contributed by atoms with Gasteiger partial charge in [0, 0.05) is 33.8 Å². The van der Waals surface area contributed by atoms with E-state index in [4.69, 9.17) is 5.11 Å². The molecule has 0 aliphatic carbocycles. The van der Waals surface area contributed by atoms with Crippen molar-refractivity contribution in [2.24, 2.45) is 0 Å². The zero-order valence-corrected chi connectivity index (χ0v) is 11.5. The largest absolute Gasteiger partial charge is 0.477 e. The van der Waals surface area contributed by atoms with Crippen molar-refractivity contribution in [2.75, 3.05) is 0 Å². The summed E-state index contributed by atoms with van der Waals surface area (Å²) in [7, 11) is 0. The second-order valence-electron chi connectivity index (χ2n) is 3.57. The topological polar surface area (TPSA) is 54.6 Å². The molecule has 0 radical (unpaired) electrons. The van der Waals surface area contributed by atoms with Crippen molar-refractivity contribution in [3.8, 4) is 0 Å². The Morgan fingerprint density at radius 1 is 1.50 bits per heavy atom. The molecule has 0 atom stereocenters. The number of imidazole rings is 1. The van der Waals surface area contributed by atoms with Crippen molar-refractivity contribution in [1.29, 1.82) is 0 Å². The molecule has 0 aliphatic heterocycles. The van der Waals surface area contributed by atoms with Gasteiger partial charge in [0.15, 0.2) is 4.96 Å². The van der Waals surface area contributed by atoms with Crippen LogP contribution < -0.4 is 0 Å². The molecular weight excluding hydrogens is 288 g/mol. The molecule has 7 heteroatoms. The van der Waals surface area contributed by atoms with Gasteiger partial charge in [-0.1, -0.05) is 0 Å². The van der Waals surface area contributed by atoms with Gasteiger partial charge in [-0.15, -0.1) is 34.4 Å². The van der Waals surface area contributed by atoms with E-state index in [2.05, 4.69) is 4.98 Å². The van der Waals surface area contributed by atoms with Crippen LogP contribution in [0.25, 0.3) is 4.96 Å². The van der Waals surface area contributed by atoms with Crippen LogP contribution in [-0.4, -0.2) is 20.5 Å². The molecule has 18 heavy (non-hydrogen) atoms. The molecule has 0 aromatic carbocycles. The number of aromatic carboxylic acids is 1. The van der Waals surface area contributed by atoms with Crippen molar-refractivity contribution in [2.45, 2.75) is 10.6 Å². The summed E-state index contributed by atoms with van der Waals surface area (Å²) in [6.07, 6.45) is 3.98. The van der Waals surface area contributed by atoms with Gasteiger partial charge in [-0.3, -0.25) is 4.40 Å². The lowest BCUT2D eigenvalue weighted by molar-refractivity contribution is 0.0702. The van der Waals surface area contributed by atoms with Crippen molar-refractivity contribution >= 4 is 45.4 Å². The van der Waals surface area contributed by atoms with Gasteiger partial charge in [0.2, 0.25) is 0 Å². The summed E-state index contributed by atoms with van der Waals surface area (Å²) in [5.41, 5.74) is 1.01. The summed E-state index contributed by atoms with van der Waals surface area (Å²) in [4.78, 5) is 17.6. The Balaban J connectivity index is 1.70. The molecule has 0 aliphatic rings. The number of carboxylic acids is 1. The minimum Gasteiger partial charge on any atom is -0.477 e. The van der Waals surface area contributed by atoms with Gasteiger partial charge in [0.1, 0.15) is 4.88 Å². The maximum absolute atomic E-state index is 10.8. The number of hydrogen-bond acceptors (Lipinski definition) is 5. The van der Waals surface area contributed by atoms with Crippen molar-refractivity contribution < 1.29 is 9.90 Å². The van der Waals surface area contributed by atoms with Crippen LogP contribution in [0.15, 0.2) is 34.1 Å². The maximum atomic E-state index is 10.8. The van der Waals surface area contributed by atoms with Crippen LogP contribution in [-0.2, 0) is 5.75 Å². The molecule has 1 N–H and O–H groups in total. The monoisotopic (exact) mass is 296 g/mol. The van der Waals surface area contributed by atoms with E-state index in [9.17, 15) is 4.79 Å². The van der Waals surface area contributed by atoms with Crippen LogP contribution in [0.2, 0.25) is 0 Å². The number of carbonyl (C=O) groups is 1. The van der Waals surface area contributed by atoms with E-state index in [1.165, 1.54) is 11.3 Å². The first-order valence-corrected chi connectivity index (χ1v) is 7.82. The third-order valence-electron chi connectivity index (χ3n) is 2.32. The number of rotatable bonds is 4. The standard InChI is InChI=1S/C11H8N2O2S3/c14-10(15)9-3-8(6-18-9)17-5-7-4-13-1-2-16-11(13)12-7/h1-4,6H,5H2,(H,14,15). The summed E-state index contributed by atoms with van der Waals surface area (Å²) in [5, 5.41) is 12.7. The SMILES string of the molecule is O=C(O)c1cc(SCc2cn3ccsc3n2)cs1. The molecule has 0 spiro atoms. The van der Waals surface area contributed by atoms with Gasteiger partial charge in [-0.05, 0) is 6.07 Å². The predicted molar refractivity (Wildman–Crippen MR) is 73.9 cm³/mol. The fourth-order valence-corrected chi connectivity index (χ4v) is 3.98. The number of thiophene rings is 1. The average Bonchev–Trinajstić information content (AvgIpc) is 3.01. The number of thioether (sulfide) groups is 1. The van der Waals surface area contributed by atoms with Gasteiger partial charge in [-0.2, -0.15) is 0 Å². The minimum absolute atomic E-state index is 0.378. The first kappa shape index (κ1) is 11.8. The molecule has 0 amide bonds. The van der Waals surface area contributed by atoms with Gasteiger partial charge in [-0.25, -0.2) is 9.78 Å². The highest BCUT2D eigenvalue weighted by Gasteiger charge is 2.08. The van der Waals surface area contributed by atoms with Gasteiger partial charge >= 0.3 is 5.97 Å². The van der Waals surface area contributed by atoms with Gasteiger partial charge in [0.25, 0.3) is 0 Å². The van der Waals surface area contributed by atoms with Crippen molar-refractivity contribution in [3.63, 3.8) is 0 Å². The van der Waals surface area contributed by atoms with E-state index in [-0.39, 0.29) is 0 Å². The molecular formula is C11H8N2O2S3. The zero-order valence-electron chi connectivity index (χ0n) is 9.07. The Kier molecular flexibility index (Phi) is 3.11. The Morgan fingerprint density at radius 3 is 3.11 bits per heavy atom. The van der Waals surface area contributed by atoms with E-state index in [0.717, 1.165) is 21.3 Å². The van der Waals surface area contributed by atoms with E-state index in [1.54, 1.807) is 29.2 Å². The molecule has 3 rings (SSSR count). The molecule has 0 fully saturated rings. The molecule has 92 valence electrons. The summed E-state index contributed by atoms with van der Waals surface area (Å²) in [5.74, 6) is -0.112. The minimum atomic E-state index is -0.866. The van der Waals surface area contributed by atoms with Crippen LogP contribution >= 0.6 is 34.4 Å². The highest BCUT2D eigenvalue weighted by atomic mass is 32.2. The van der Waals surface area contributed by atoms with Gasteiger partial charge < -0.3 is 5.11 Å². The Bertz CT molecular complexity index is 669. The maximum Gasteiger partial charge on any atom is 0.345 e. The molecule has 3 aromatic rings. The molecule has 0 saturated heterocycles. The predicted octanol–water partition coefficient (Wildman–Crippen LogP) is 3.45. The lowest BCUT2D eigenvalue weighted by atomic mass is 10.5. The highest BCUT2D eigenvalue weighted by molar-refractivity contribution is 7.98. The number of thiazole rings is 1. The zero-order chi connectivity index (χ0) is 12.5. The lowest BCUT2D eigenvalue weighted by Crippen LogP contribution is -1.89. The fourth-order valence-electron chi connectivity index (χ4n) is 1.51. The van der Waals surface area contributed by atoms with Crippen molar-refractivity contribution in [3.05, 3.63) is 39.8 Å². The normalized spacial score (nSPS) is 11.1. The number of carboxylic acid groups (broad SMARTS) is 1.